The first kappa shape index (κ1) is 15.9. The molecule has 1 saturated carbocycles. The number of nitrogens with zero attached hydrogens (tertiary/aromatic N) is 2. The van der Waals surface area contributed by atoms with Crippen LogP contribution in [0.25, 0.3) is 0 Å². The molecule has 118 valence electrons. The van der Waals surface area contributed by atoms with Gasteiger partial charge in [0.1, 0.15) is 0 Å². The zero-order valence-corrected chi connectivity index (χ0v) is 12.3. The van der Waals surface area contributed by atoms with Gasteiger partial charge >= 0.3 is 5.97 Å². The van der Waals surface area contributed by atoms with Crippen molar-refractivity contribution in [2.45, 2.75) is 25.7 Å². The molecule has 1 aliphatic carbocycles. The van der Waals surface area contributed by atoms with Crippen LogP contribution < -0.4 is 0 Å². The van der Waals surface area contributed by atoms with Gasteiger partial charge in [0.2, 0.25) is 0 Å². The molecule has 0 heterocycles. The highest BCUT2D eigenvalue weighted by Gasteiger charge is 2.23. The summed E-state index contributed by atoms with van der Waals surface area (Å²) in [6, 6.07) is 3.26. The summed E-state index contributed by atoms with van der Waals surface area (Å²) < 4.78 is 0. The van der Waals surface area contributed by atoms with Gasteiger partial charge in [-0.1, -0.05) is 12.8 Å². The summed E-state index contributed by atoms with van der Waals surface area (Å²) in [7, 11) is 1.64. The first-order chi connectivity index (χ1) is 10.4. The SMILES string of the molecule is CN(CC1CCCC1)C(=O)c1cc(C(=O)O)cc([N+](=O)[O-])c1. The number of non-ortho nitro benzene ring substituents is 1. The highest BCUT2D eigenvalue weighted by molar-refractivity contribution is 5.98. The molecule has 7 heteroatoms. The monoisotopic (exact) mass is 306 g/mol. The average molecular weight is 306 g/mol. The second-order valence-corrected chi connectivity index (χ2v) is 5.67. The Hall–Kier alpha value is -2.44. The van der Waals surface area contributed by atoms with E-state index in [1.54, 1.807) is 7.05 Å². The van der Waals surface area contributed by atoms with Crippen LogP contribution in [-0.2, 0) is 0 Å². The van der Waals surface area contributed by atoms with E-state index in [-0.39, 0.29) is 11.1 Å². The Kier molecular flexibility index (Phi) is 4.75. The van der Waals surface area contributed by atoms with Crippen LogP contribution in [0.15, 0.2) is 18.2 Å². The number of amides is 1. The molecule has 1 aliphatic rings. The number of carbonyl (C=O) groups is 2. The van der Waals surface area contributed by atoms with Crippen molar-refractivity contribution in [2.24, 2.45) is 5.92 Å². The second kappa shape index (κ2) is 6.55. The normalized spacial score (nSPS) is 14.8. The summed E-state index contributed by atoms with van der Waals surface area (Å²) >= 11 is 0. The van der Waals surface area contributed by atoms with Crippen molar-refractivity contribution in [2.75, 3.05) is 13.6 Å². The van der Waals surface area contributed by atoms with Crippen LogP contribution in [-0.4, -0.2) is 40.4 Å². The van der Waals surface area contributed by atoms with Gasteiger partial charge in [0.15, 0.2) is 0 Å². The van der Waals surface area contributed by atoms with E-state index in [1.165, 1.54) is 11.0 Å². The standard InChI is InChI=1S/C15H18N2O5/c1-16(9-10-4-2-3-5-10)14(18)11-6-12(15(19)20)8-13(7-11)17(21)22/h6-8,10H,2-5,9H2,1H3,(H,19,20). The van der Waals surface area contributed by atoms with Crippen LogP contribution in [0.1, 0.15) is 46.4 Å². The topological polar surface area (TPSA) is 101 Å². The van der Waals surface area contributed by atoms with Crippen LogP contribution in [0.5, 0.6) is 0 Å². The molecule has 1 aromatic carbocycles. The predicted molar refractivity (Wildman–Crippen MR) is 79.0 cm³/mol. The molecular formula is C15H18N2O5. The Morgan fingerprint density at radius 3 is 2.41 bits per heavy atom. The average Bonchev–Trinajstić information content (AvgIpc) is 2.98. The summed E-state index contributed by atoms with van der Waals surface area (Å²) in [5.74, 6) is -1.24. The zero-order valence-electron chi connectivity index (χ0n) is 12.3. The summed E-state index contributed by atoms with van der Waals surface area (Å²) in [5.41, 5.74) is -0.614. The van der Waals surface area contributed by atoms with Crippen molar-refractivity contribution in [3.8, 4) is 0 Å². The Morgan fingerprint density at radius 2 is 1.86 bits per heavy atom. The fourth-order valence-corrected chi connectivity index (χ4v) is 2.85. The van der Waals surface area contributed by atoms with Crippen LogP contribution >= 0.6 is 0 Å². The predicted octanol–water partition coefficient (Wildman–Crippen LogP) is 2.56. The maximum atomic E-state index is 12.4. The Morgan fingerprint density at radius 1 is 1.27 bits per heavy atom. The van der Waals surface area contributed by atoms with Crippen molar-refractivity contribution in [3.05, 3.63) is 39.4 Å². The number of nitro benzene ring substituents is 1. The highest BCUT2D eigenvalue weighted by Crippen LogP contribution is 2.26. The molecule has 1 amide bonds. The zero-order chi connectivity index (χ0) is 16.3. The number of hydrogen-bond donors (Lipinski definition) is 1. The maximum absolute atomic E-state index is 12.4. The lowest BCUT2D eigenvalue weighted by atomic mass is 10.1. The molecule has 22 heavy (non-hydrogen) atoms. The lowest BCUT2D eigenvalue weighted by Crippen LogP contribution is -2.31. The number of carboxylic acid groups (broad SMARTS) is 1. The van der Waals surface area contributed by atoms with Crippen molar-refractivity contribution < 1.29 is 19.6 Å². The van der Waals surface area contributed by atoms with Crippen molar-refractivity contribution in [3.63, 3.8) is 0 Å². The molecule has 0 saturated heterocycles. The number of carbonyl (C=O) groups excluding carboxylic acids is 1. The van der Waals surface area contributed by atoms with E-state index in [9.17, 15) is 19.7 Å². The van der Waals surface area contributed by atoms with Gasteiger partial charge < -0.3 is 10.0 Å². The Labute approximate surface area is 127 Å². The highest BCUT2D eigenvalue weighted by atomic mass is 16.6. The fraction of sp³-hybridized carbons (Fsp3) is 0.467. The molecule has 7 nitrogen and oxygen atoms in total. The number of carboxylic acids is 1. The molecule has 0 unspecified atom stereocenters. The number of aromatic carboxylic acids is 1. The Balaban J connectivity index is 2.23. The van der Waals surface area contributed by atoms with Gasteiger partial charge in [-0.05, 0) is 24.8 Å². The molecule has 2 rings (SSSR count). The maximum Gasteiger partial charge on any atom is 0.335 e. The number of nitro groups is 1. The third-order valence-electron chi connectivity index (χ3n) is 3.98. The van der Waals surface area contributed by atoms with E-state index in [1.807, 2.05) is 0 Å². The minimum atomic E-state index is -1.30. The molecule has 0 aliphatic heterocycles. The minimum Gasteiger partial charge on any atom is -0.478 e. The minimum absolute atomic E-state index is 0.0343. The smallest absolute Gasteiger partial charge is 0.335 e. The summed E-state index contributed by atoms with van der Waals surface area (Å²) in [6.45, 7) is 0.587. The van der Waals surface area contributed by atoms with Gasteiger partial charge in [-0.25, -0.2) is 4.79 Å². The number of rotatable bonds is 5. The van der Waals surface area contributed by atoms with Crippen LogP contribution in [0.3, 0.4) is 0 Å². The van der Waals surface area contributed by atoms with Gasteiger partial charge in [0.05, 0.1) is 10.5 Å². The lowest BCUT2D eigenvalue weighted by Gasteiger charge is -2.21. The largest absolute Gasteiger partial charge is 0.478 e. The summed E-state index contributed by atoms with van der Waals surface area (Å²) in [5, 5.41) is 19.9. The molecule has 0 spiro atoms. The van der Waals surface area contributed by atoms with Crippen LogP contribution in [0, 0.1) is 16.0 Å². The van der Waals surface area contributed by atoms with E-state index in [2.05, 4.69) is 0 Å². The molecule has 0 aromatic heterocycles. The fourth-order valence-electron chi connectivity index (χ4n) is 2.85. The van der Waals surface area contributed by atoms with E-state index in [0.29, 0.717) is 12.5 Å². The first-order valence-electron chi connectivity index (χ1n) is 7.16. The van der Waals surface area contributed by atoms with Crippen molar-refractivity contribution >= 4 is 17.6 Å². The molecule has 0 radical (unpaired) electrons. The molecule has 1 aromatic rings. The van der Waals surface area contributed by atoms with Crippen LogP contribution in [0.2, 0.25) is 0 Å². The van der Waals surface area contributed by atoms with Crippen molar-refractivity contribution in [1.29, 1.82) is 0 Å². The number of hydrogen-bond acceptors (Lipinski definition) is 4. The Bertz CT molecular complexity index is 576. The third-order valence-corrected chi connectivity index (χ3v) is 3.98. The van der Waals surface area contributed by atoms with Gasteiger partial charge in [0.25, 0.3) is 11.6 Å². The van der Waals surface area contributed by atoms with Gasteiger partial charge in [0, 0.05) is 31.3 Å². The molecule has 0 atom stereocenters. The molecule has 0 bridgehead atoms. The molecular weight excluding hydrogens is 288 g/mol. The molecule has 1 fully saturated rings. The van der Waals surface area contributed by atoms with Gasteiger partial charge in [-0.15, -0.1) is 0 Å². The van der Waals surface area contributed by atoms with Gasteiger partial charge in [-0.2, -0.15) is 0 Å². The van der Waals surface area contributed by atoms with Crippen LogP contribution in [0.4, 0.5) is 5.69 Å². The third kappa shape index (κ3) is 3.60. The summed E-state index contributed by atoms with van der Waals surface area (Å²) in [6.07, 6.45) is 4.47. The quantitative estimate of drug-likeness (QED) is 0.665. The number of benzene rings is 1. The second-order valence-electron chi connectivity index (χ2n) is 5.67. The molecule has 1 N–H and O–H groups in total. The lowest BCUT2D eigenvalue weighted by molar-refractivity contribution is -0.384. The van der Waals surface area contributed by atoms with E-state index < -0.39 is 22.5 Å². The first-order valence-corrected chi connectivity index (χ1v) is 7.16. The van der Waals surface area contributed by atoms with E-state index >= 15 is 0 Å². The van der Waals surface area contributed by atoms with E-state index in [4.69, 9.17) is 5.11 Å². The summed E-state index contributed by atoms with van der Waals surface area (Å²) in [4.78, 5) is 35.2. The van der Waals surface area contributed by atoms with E-state index in [0.717, 1.165) is 37.8 Å². The van der Waals surface area contributed by atoms with Crippen molar-refractivity contribution in [1.82, 2.24) is 4.90 Å². The van der Waals surface area contributed by atoms with Gasteiger partial charge in [-0.3, -0.25) is 14.9 Å².